The van der Waals surface area contributed by atoms with Crippen LogP contribution in [0.15, 0.2) is 96.6 Å². The van der Waals surface area contributed by atoms with Crippen molar-refractivity contribution < 1.29 is 14.3 Å². The molecule has 2 aromatic rings. The Bertz CT molecular complexity index is 1040. The number of ketones is 1. The van der Waals surface area contributed by atoms with Crippen molar-refractivity contribution in [2.45, 2.75) is 45.6 Å². The maximum atomic E-state index is 12.9. The standard InChI is InChI=1S/C31H34O3/c1-24(2)34-31(33)18-12-4-3-11-17-29-28(22-20-26-15-9-6-10-16-26)27(23-30(29)32)21-19-25-13-7-5-8-14-25/h3,5-11,13-16,19-24,28-29H,4,12,17-18H2,1-2H3/b11-3-,21-19?,22-20?/t28-,29+/m0/s1. The number of allylic oxidation sites excluding steroid dienone is 6. The SMILES string of the molecule is CC(C)OC(=O)CCC/C=C\C[C@H]1C(=O)C=C(C=Cc2ccccc2)[C@@H]1C=Cc1ccccc1. The number of carbonyl (C=O) groups is 2. The van der Waals surface area contributed by atoms with Gasteiger partial charge in [0.05, 0.1) is 6.10 Å². The lowest BCUT2D eigenvalue weighted by Crippen LogP contribution is -2.14. The van der Waals surface area contributed by atoms with Gasteiger partial charge in [-0.3, -0.25) is 9.59 Å². The fraction of sp³-hybridized carbons (Fsp3) is 0.290. The first-order chi connectivity index (χ1) is 16.5. The summed E-state index contributed by atoms with van der Waals surface area (Å²) in [4.78, 5) is 24.5. The van der Waals surface area contributed by atoms with E-state index in [4.69, 9.17) is 4.74 Å². The first-order valence-corrected chi connectivity index (χ1v) is 12.1. The van der Waals surface area contributed by atoms with Crippen molar-refractivity contribution in [2.75, 3.05) is 0 Å². The number of ether oxygens (including phenoxy) is 1. The third-order valence-electron chi connectivity index (χ3n) is 5.73. The molecule has 0 bridgehead atoms. The van der Waals surface area contributed by atoms with Crippen LogP contribution < -0.4 is 0 Å². The predicted octanol–water partition coefficient (Wildman–Crippen LogP) is 7.22. The molecule has 34 heavy (non-hydrogen) atoms. The number of benzene rings is 2. The van der Waals surface area contributed by atoms with E-state index >= 15 is 0 Å². The van der Waals surface area contributed by atoms with Crippen LogP contribution in [0.2, 0.25) is 0 Å². The van der Waals surface area contributed by atoms with E-state index in [9.17, 15) is 9.59 Å². The lowest BCUT2D eigenvalue weighted by Gasteiger charge is -2.16. The van der Waals surface area contributed by atoms with Crippen molar-refractivity contribution in [3.63, 3.8) is 0 Å². The molecule has 0 unspecified atom stereocenters. The Morgan fingerprint density at radius 3 is 2.21 bits per heavy atom. The van der Waals surface area contributed by atoms with Crippen LogP contribution in [-0.2, 0) is 14.3 Å². The molecule has 0 N–H and O–H groups in total. The molecule has 2 aromatic carbocycles. The number of hydrogen-bond acceptors (Lipinski definition) is 3. The van der Waals surface area contributed by atoms with E-state index in [1.165, 1.54) is 0 Å². The molecule has 176 valence electrons. The summed E-state index contributed by atoms with van der Waals surface area (Å²) in [6.07, 6.45) is 16.9. The van der Waals surface area contributed by atoms with Crippen molar-refractivity contribution in [2.24, 2.45) is 11.8 Å². The van der Waals surface area contributed by atoms with Gasteiger partial charge in [-0.2, -0.15) is 0 Å². The minimum absolute atomic E-state index is 0.0262. The lowest BCUT2D eigenvalue weighted by molar-refractivity contribution is -0.147. The van der Waals surface area contributed by atoms with Gasteiger partial charge in [-0.05, 0) is 55.9 Å². The van der Waals surface area contributed by atoms with Gasteiger partial charge in [-0.1, -0.05) is 97.1 Å². The van der Waals surface area contributed by atoms with Crippen LogP contribution >= 0.6 is 0 Å². The first kappa shape index (κ1) is 25.2. The highest BCUT2D eigenvalue weighted by Crippen LogP contribution is 2.35. The van der Waals surface area contributed by atoms with Crippen LogP contribution in [0.3, 0.4) is 0 Å². The van der Waals surface area contributed by atoms with Crippen LogP contribution in [0.5, 0.6) is 0 Å². The molecule has 0 aliphatic heterocycles. The second-order valence-corrected chi connectivity index (χ2v) is 8.83. The summed E-state index contributed by atoms with van der Waals surface area (Å²) in [5.41, 5.74) is 3.27. The molecule has 1 aliphatic rings. The van der Waals surface area contributed by atoms with E-state index in [0.29, 0.717) is 12.8 Å². The third-order valence-corrected chi connectivity index (χ3v) is 5.73. The summed E-state index contributed by atoms with van der Waals surface area (Å²) >= 11 is 0. The molecular weight excluding hydrogens is 420 g/mol. The van der Waals surface area contributed by atoms with Gasteiger partial charge in [0, 0.05) is 18.3 Å². The van der Waals surface area contributed by atoms with Crippen molar-refractivity contribution in [1.29, 1.82) is 0 Å². The minimum Gasteiger partial charge on any atom is -0.463 e. The first-order valence-electron chi connectivity index (χ1n) is 12.1. The molecule has 0 radical (unpaired) electrons. The molecule has 0 aromatic heterocycles. The Hall–Kier alpha value is -3.46. The molecule has 0 amide bonds. The number of unbranched alkanes of at least 4 members (excludes halogenated alkanes) is 1. The van der Waals surface area contributed by atoms with Gasteiger partial charge in [0.2, 0.25) is 0 Å². The zero-order valence-corrected chi connectivity index (χ0v) is 20.1. The quantitative estimate of drug-likeness (QED) is 0.204. The molecule has 0 fully saturated rings. The maximum absolute atomic E-state index is 12.9. The van der Waals surface area contributed by atoms with Crippen molar-refractivity contribution in [3.05, 3.63) is 108 Å². The Morgan fingerprint density at radius 2 is 1.56 bits per heavy atom. The van der Waals surface area contributed by atoms with Crippen LogP contribution in [0.25, 0.3) is 12.2 Å². The second kappa shape index (κ2) is 13.3. The summed E-state index contributed by atoms with van der Waals surface area (Å²) in [6.45, 7) is 3.72. The Kier molecular flexibility index (Phi) is 9.84. The van der Waals surface area contributed by atoms with Gasteiger partial charge < -0.3 is 4.74 Å². The Labute approximate surface area is 203 Å². The van der Waals surface area contributed by atoms with Crippen LogP contribution in [-0.4, -0.2) is 17.9 Å². The average Bonchev–Trinajstić information content (AvgIpc) is 3.13. The summed E-state index contributed by atoms with van der Waals surface area (Å²) in [5.74, 6) is -0.0732. The van der Waals surface area contributed by atoms with Gasteiger partial charge in [-0.15, -0.1) is 0 Å². The summed E-state index contributed by atoms with van der Waals surface area (Å²) in [5, 5.41) is 0. The van der Waals surface area contributed by atoms with Crippen molar-refractivity contribution in [3.8, 4) is 0 Å². The molecule has 3 rings (SSSR count). The topological polar surface area (TPSA) is 43.4 Å². The lowest BCUT2D eigenvalue weighted by atomic mass is 9.86. The minimum atomic E-state index is -0.153. The van der Waals surface area contributed by atoms with Crippen LogP contribution in [0.1, 0.15) is 50.7 Å². The van der Waals surface area contributed by atoms with E-state index in [2.05, 4.69) is 60.7 Å². The van der Waals surface area contributed by atoms with E-state index in [1.54, 1.807) is 6.08 Å². The largest absolute Gasteiger partial charge is 0.463 e. The monoisotopic (exact) mass is 454 g/mol. The van der Waals surface area contributed by atoms with Gasteiger partial charge in [0.1, 0.15) is 0 Å². The second-order valence-electron chi connectivity index (χ2n) is 8.83. The maximum Gasteiger partial charge on any atom is 0.306 e. The highest BCUT2D eigenvalue weighted by molar-refractivity contribution is 5.97. The van der Waals surface area contributed by atoms with Gasteiger partial charge in [0.25, 0.3) is 0 Å². The molecular formula is C31H34O3. The normalized spacial score (nSPS) is 18.4. The molecule has 0 heterocycles. The van der Waals surface area contributed by atoms with Gasteiger partial charge >= 0.3 is 5.97 Å². The number of carbonyl (C=O) groups excluding carboxylic acids is 2. The zero-order chi connectivity index (χ0) is 24.2. The predicted molar refractivity (Wildman–Crippen MR) is 140 cm³/mol. The fourth-order valence-corrected chi connectivity index (χ4v) is 4.03. The van der Waals surface area contributed by atoms with Crippen molar-refractivity contribution in [1.82, 2.24) is 0 Å². The molecule has 1 aliphatic carbocycles. The van der Waals surface area contributed by atoms with Gasteiger partial charge in [-0.25, -0.2) is 0 Å². The molecule has 3 heteroatoms. The average molecular weight is 455 g/mol. The Balaban J connectivity index is 1.64. The van der Waals surface area contributed by atoms with E-state index in [0.717, 1.165) is 29.5 Å². The molecule has 3 nitrogen and oxygen atoms in total. The molecule has 0 spiro atoms. The molecule has 0 saturated heterocycles. The van der Waals surface area contributed by atoms with E-state index in [-0.39, 0.29) is 29.7 Å². The highest BCUT2D eigenvalue weighted by Gasteiger charge is 2.32. The molecule has 0 saturated carbocycles. The van der Waals surface area contributed by atoms with Gasteiger partial charge in [0.15, 0.2) is 5.78 Å². The van der Waals surface area contributed by atoms with E-state index in [1.807, 2.05) is 50.2 Å². The number of esters is 1. The zero-order valence-electron chi connectivity index (χ0n) is 20.1. The molecule has 2 atom stereocenters. The third kappa shape index (κ3) is 8.15. The van der Waals surface area contributed by atoms with Crippen LogP contribution in [0.4, 0.5) is 0 Å². The number of rotatable bonds is 11. The summed E-state index contributed by atoms with van der Waals surface area (Å²) < 4.78 is 5.17. The highest BCUT2D eigenvalue weighted by atomic mass is 16.5. The smallest absolute Gasteiger partial charge is 0.306 e. The van der Waals surface area contributed by atoms with E-state index < -0.39 is 0 Å². The van der Waals surface area contributed by atoms with Crippen molar-refractivity contribution >= 4 is 23.9 Å². The number of hydrogen-bond donors (Lipinski definition) is 0. The summed E-state index contributed by atoms with van der Waals surface area (Å²) in [7, 11) is 0. The summed E-state index contributed by atoms with van der Waals surface area (Å²) in [6, 6.07) is 20.3. The van der Waals surface area contributed by atoms with Crippen LogP contribution in [0, 0.1) is 11.8 Å². The fourth-order valence-electron chi connectivity index (χ4n) is 4.03. The Morgan fingerprint density at radius 1 is 0.912 bits per heavy atom.